The molecular weight excluding hydrogens is 224 g/mol. The van der Waals surface area contributed by atoms with Crippen molar-refractivity contribution in [3.8, 4) is 0 Å². The minimum absolute atomic E-state index is 0.0439. The van der Waals surface area contributed by atoms with Crippen LogP contribution in [0.25, 0.3) is 0 Å². The Morgan fingerprint density at radius 1 is 1.75 bits per heavy atom. The number of carbonyl (C=O) groups is 1. The van der Waals surface area contributed by atoms with Crippen LogP contribution in [0.5, 0.6) is 0 Å². The van der Waals surface area contributed by atoms with Crippen molar-refractivity contribution >= 4 is 17.5 Å². The summed E-state index contributed by atoms with van der Waals surface area (Å²) < 4.78 is 0. The van der Waals surface area contributed by atoms with Crippen LogP contribution in [0.15, 0.2) is 24.9 Å². The molecule has 1 unspecified atom stereocenters. The monoisotopic (exact) mass is 238 g/mol. The van der Waals surface area contributed by atoms with Gasteiger partial charge in [0, 0.05) is 17.9 Å². The van der Waals surface area contributed by atoms with Gasteiger partial charge in [0.15, 0.2) is 0 Å². The normalized spacial score (nSPS) is 11.9. The van der Waals surface area contributed by atoms with E-state index in [1.807, 2.05) is 13.8 Å². The molecule has 1 aromatic rings. The zero-order chi connectivity index (χ0) is 12.1. The SMILES string of the molecule is C=CCC(C)NC(=O)c1cnc(C)cc1Cl. The Bertz CT molecular complexity index is 404. The molecule has 0 spiro atoms. The van der Waals surface area contributed by atoms with E-state index in [-0.39, 0.29) is 11.9 Å². The van der Waals surface area contributed by atoms with Crippen molar-refractivity contribution in [3.05, 3.63) is 41.2 Å². The molecule has 0 fully saturated rings. The Kier molecular flexibility index (Phi) is 4.50. The van der Waals surface area contributed by atoms with E-state index in [9.17, 15) is 4.79 Å². The molecule has 1 N–H and O–H groups in total. The second-order valence-corrected chi connectivity index (χ2v) is 4.11. The number of hydrogen-bond acceptors (Lipinski definition) is 2. The van der Waals surface area contributed by atoms with Crippen LogP contribution >= 0.6 is 11.6 Å². The molecule has 4 heteroatoms. The van der Waals surface area contributed by atoms with Gasteiger partial charge in [-0.1, -0.05) is 17.7 Å². The van der Waals surface area contributed by atoms with E-state index in [2.05, 4.69) is 16.9 Å². The first-order chi connectivity index (χ1) is 7.54. The van der Waals surface area contributed by atoms with Crippen LogP contribution in [-0.4, -0.2) is 16.9 Å². The molecule has 86 valence electrons. The van der Waals surface area contributed by atoms with Gasteiger partial charge in [0.25, 0.3) is 5.91 Å². The van der Waals surface area contributed by atoms with Crippen molar-refractivity contribution < 1.29 is 4.79 Å². The lowest BCUT2D eigenvalue weighted by molar-refractivity contribution is 0.0940. The zero-order valence-corrected chi connectivity index (χ0v) is 10.2. The van der Waals surface area contributed by atoms with Crippen molar-refractivity contribution in [1.29, 1.82) is 0 Å². The first-order valence-electron chi connectivity index (χ1n) is 5.08. The van der Waals surface area contributed by atoms with Gasteiger partial charge in [-0.05, 0) is 26.3 Å². The van der Waals surface area contributed by atoms with E-state index in [1.54, 1.807) is 12.1 Å². The maximum atomic E-state index is 11.8. The lowest BCUT2D eigenvalue weighted by Crippen LogP contribution is -2.32. The van der Waals surface area contributed by atoms with Crippen LogP contribution in [0.4, 0.5) is 0 Å². The third-order valence-electron chi connectivity index (χ3n) is 2.13. The number of aromatic nitrogens is 1. The summed E-state index contributed by atoms with van der Waals surface area (Å²) in [6.07, 6.45) is 3.98. The molecule has 0 aliphatic carbocycles. The van der Waals surface area contributed by atoms with Crippen molar-refractivity contribution in [1.82, 2.24) is 10.3 Å². The van der Waals surface area contributed by atoms with E-state index < -0.39 is 0 Å². The van der Waals surface area contributed by atoms with Gasteiger partial charge in [0.2, 0.25) is 0 Å². The highest BCUT2D eigenvalue weighted by Crippen LogP contribution is 2.15. The highest BCUT2D eigenvalue weighted by Gasteiger charge is 2.12. The third kappa shape index (κ3) is 3.35. The first kappa shape index (κ1) is 12.7. The van der Waals surface area contributed by atoms with Gasteiger partial charge in [-0.3, -0.25) is 9.78 Å². The number of rotatable bonds is 4. The topological polar surface area (TPSA) is 42.0 Å². The van der Waals surface area contributed by atoms with E-state index in [0.29, 0.717) is 10.6 Å². The summed E-state index contributed by atoms with van der Waals surface area (Å²) in [6.45, 7) is 7.36. The number of pyridine rings is 1. The number of nitrogens with one attached hydrogen (secondary N) is 1. The summed E-state index contributed by atoms with van der Waals surface area (Å²) >= 11 is 5.96. The van der Waals surface area contributed by atoms with E-state index in [4.69, 9.17) is 11.6 Å². The molecule has 1 atom stereocenters. The fourth-order valence-electron chi connectivity index (χ4n) is 1.30. The summed E-state index contributed by atoms with van der Waals surface area (Å²) in [7, 11) is 0. The first-order valence-corrected chi connectivity index (χ1v) is 5.46. The van der Waals surface area contributed by atoms with Crippen LogP contribution in [0.3, 0.4) is 0 Å². The fourth-order valence-corrected chi connectivity index (χ4v) is 1.60. The molecule has 1 amide bonds. The average molecular weight is 239 g/mol. The largest absolute Gasteiger partial charge is 0.349 e. The lowest BCUT2D eigenvalue weighted by atomic mass is 10.2. The maximum Gasteiger partial charge on any atom is 0.254 e. The third-order valence-corrected chi connectivity index (χ3v) is 2.45. The van der Waals surface area contributed by atoms with Gasteiger partial charge in [0.05, 0.1) is 10.6 Å². The molecule has 1 aromatic heterocycles. The Hall–Kier alpha value is -1.35. The Labute approximate surface area is 101 Å². The van der Waals surface area contributed by atoms with Crippen molar-refractivity contribution in [2.75, 3.05) is 0 Å². The molecule has 3 nitrogen and oxygen atoms in total. The second-order valence-electron chi connectivity index (χ2n) is 3.70. The van der Waals surface area contributed by atoms with Crippen molar-refractivity contribution in [2.45, 2.75) is 26.3 Å². The predicted molar refractivity (Wildman–Crippen MR) is 65.7 cm³/mol. The van der Waals surface area contributed by atoms with E-state index in [1.165, 1.54) is 6.20 Å². The number of halogens is 1. The van der Waals surface area contributed by atoms with E-state index in [0.717, 1.165) is 12.1 Å². The van der Waals surface area contributed by atoms with Gasteiger partial charge < -0.3 is 5.32 Å². The van der Waals surface area contributed by atoms with Crippen LogP contribution in [-0.2, 0) is 0 Å². The highest BCUT2D eigenvalue weighted by molar-refractivity contribution is 6.33. The van der Waals surface area contributed by atoms with Gasteiger partial charge in [0.1, 0.15) is 0 Å². The average Bonchev–Trinajstić information content (AvgIpc) is 2.17. The molecule has 0 saturated heterocycles. The Morgan fingerprint density at radius 2 is 2.44 bits per heavy atom. The molecule has 0 bridgehead atoms. The molecule has 0 aliphatic heterocycles. The Morgan fingerprint density at radius 3 is 3.00 bits per heavy atom. The van der Waals surface area contributed by atoms with E-state index >= 15 is 0 Å². The quantitative estimate of drug-likeness (QED) is 0.820. The van der Waals surface area contributed by atoms with Crippen LogP contribution < -0.4 is 5.32 Å². The standard InChI is InChI=1S/C12H15ClN2O/c1-4-5-8(2)15-12(16)10-7-14-9(3)6-11(10)13/h4,6-8H,1,5H2,2-3H3,(H,15,16). The molecule has 16 heavy (non-hydrogen) atoms. The number of nitrogens with zero attached hydrogens (tertiary/aromatic N) is 1. The highest BCUT2D eigenvalue weighted by atomic mass is 35.5. The van der Waals surface area contributed by atoms with Gasteiger partial charge >= 0.3 is 0 Å². The summed E-state index contributed by atoms with van der Waals surface area (Å²) in [5.41, 5.74) is 1.20. The molecule has 0 aliphatic rings. The zero-order valence-electron chi connectivity index (χ0n) is 9.46. The predicted octanol–water partition coefficient (Wildman–Crippen LogP) is 2.74. The molecule has 1 rings (SSSR count). The molecular formula is C12H15ClN2O. The minimum atomic E-state index is -0.202. The molecule has 0 radical (unpaired) electrons. The summed E-state index contributed by atoms with van der Waals surface area (Å²) in [4.78, 5) is 15.8. The van der Waals surface area contributed by atoms with Crippen LogP contribution in [0, 0.1) is 6.92 Å². The molecule has 0 aromatic carbocycles. The van der Waals surface area contributed by atoms with Gasteiger partial charge in [-0.25, -0.2) is 0 Å². The number of amides is 1. The molecule has 1 heterocycles. The number of hydrogen-bond donors (Lipinski definition) is 1. The lowest BCUT2D eigenvalue weighted by Gasteiger charge is -2.12. The van der Waals surface area contributed by atoms with Crippen LogP contribution in [0.2, 0.25) is 5.02 Å². The number of carbonyl (C=O) groups excluding carboxylic acids is 1. The van der Waals surface area contributed by atoms with Gasteiger partial charge in [-0.15, -0.1) is 6.58 Å². The van der Waals surface area contributed by atoms with Crippen molar-refractivity contribution in [2.24, 2.45) is 0 Å². The summed E-state index contributed by atoms with van der Waals surface area (Å²) in [5.74, 6) is -0.202. The minimum Gasteiger partial charge on any atom is -0.349 e. The van der Waals surface area contributed by atoms with Crippen molar-refractivity contribution in [3.63, 3.8) is 0 Å². The smallest absolute Gasteiger partial charge is 0.254 e. The fraction of sp³-hybridized carbons (Fsp3) is 0.333. The van der Waals surface area contributed by atoms with Gasteiger partial charge in [-0.2, -0.15) is 0 Å². The van der Waals surface area contributed by atoms with Crippen LogP contribution in [0.1, 0.15) is 29.4 Å². The summed E-state index contributed by atoms with van der Waals surface area (Å²) in [5, 5.41) is 3.25. The second kappa shape index (κ2) is 5.66. The number of aryl methyl sites for hydroxylation is 1. The summed E-state index contributed by atoms with van der Waals surface area (Å²) in [6, 6.07) is 1.72. The Balaban J connectivity index is 2.76. The maximum absolute atomic E-state index is 11.8. The molecule has 0 saturated carbocycles.